The van der Waals surface area contributed by atoms with Gasteiger partial charge in [-0.1, -0.05) is 60.7 Å². The van der Waals surface area contributed by atoms with E-state index in [0.717, 1.165) is 37.2 Å². The molecular formula is C30H38N2O5. The Morgan fingerprint density at radius 1 is 0.892 bits per heavy atom. The minimum Gasteiger partial charge on any atom is -0.491 e. The Kier molecular flexibility index (Phi) is 12.5. The first-order valence-electron chi connectivity index (χ1n) is 12.7. The van der Waals surface area contributed by atoms with E-state index in [0.29, 0.717) is 25.4 Å². The molecule has 0 saturated carbocycles. The molecular weight excluding hydrogens is 468 g/mol. The zero-order chi connectivity index (χ0) is 26.1. The molecule has 3 rings (SSSR count). The molecule has 2 N–H and O–H groups in total. The number of carbonyl (C=O) groups excluding carboxylic acids is 1. The number of rotatable bonds is 17. The lowest BCUT2D eigenvalue weighted by molar-refractivity contribution is -0.123. The number of benzene rings is 3. The lowest BCUT2D eigenvalue weighted by atomic mass is 10.1. The molecule has 3 aromatic carbocycles. The van der Waals surface area contributed by atoms with Gasteiger partial charge in [0.25, 0.3) is 5.91 Å². The first-order chi connectivity index (χ1) is 18.1. The maximum atomic E-state index is 11.9. The maximum Gasteiger partial charge on any atom is 0.257 e. The summed E-state index contributed by atoms with van der Waals surface area (Å²) in [6.45, 7) is 3.43. The quantitative estimate of drug-likeness (QED) is 0.272. The highest BCUT2D eigenvalue weighted by Gasteiger charge is 2.14. The second-order valence-corrected chi connectivity index (χ2v) is 8.88. The van der Waals surface area contributed by atoms with Gasteiger partial charge in [0, 0.05) is 39.9 Å². The van der Waals surface area contributed by atoms with E-state index < -0.39 is 6.10 Å². The number of hydrogen-bond acceptors (Lipinski definition) is 6. The molecule has 1 amide bonds. The summed E-state index contributed by atoms with van der Waals surface area (Å²) in [6, 6.07) is 27.6. The van der Waals surface area contributed by atoms with E-state index in [2.05, 4.69) is 22.3 Å². The van der Waals surface area contributed by atoms with Crippen LogP contribution in [0.3, 0.4) is 0 Å². The van der Waals surface area contributed by atoms with E-state index in [-0.39, 0.29) is 19.1 Å². The fourth-order valence-electron chi connectivity index (χ4n) is 3.82. The Morgan fingerprint density at radius 3 is 2.27 bits per heavy atom. The van der Waals surface area contributed by atoms with Crippen LogP contribution in [0.1, 0.15) is 17.5 Å². The molecule has 0 aliphatic heterocycles. The lowest BCUT2D eigenvalue weighted by Gasteiger charge is -2.25. The van der Waals surface area contributed by atoms with Gasteiger partial charge < -0.3 is 24.6 Å². The van der Waals surface area contributed by atoms with Crippen LogP contribution in [0.15, 0.2) is 84.9 Å². The molecule has 1 atom stereocenters. The molecule has 37 heavy (non-hydrogen) atoms. The third-order valence-electron chi connectivity index (χ3n) is 5.76. The number of methoxy groups -OCH3 is 1. The normalized spacial score (nSPS) is 11.8. The van der Waals surface area contributed by atoms with Crippen LogP contribution in [0.4, 0.5) is 0 Å². The molecule has 0 spiro atoms. The van der Waals surface area contributed by atoms with Crippen LogP contribution in [0.25, 0.3) is 0 Å². The minimum absolute atomic E-state index is 0.0138. The van der Waals surface area contributed by atoms with Gasteiger partial charge in [0.2, 0.25) is 0 Å². The fourth-order valence-corrected chi connectivity index (χ4v) is 3.82. The van der Waals surface area contributed by atoms with Crippen molar-refractivity contribution in [3.8, 4) is 11.5 Å². The van der Waals surface area contributed by atoms with Crippen molar-refractivity contribution in [2.75, 3.05) is 46.6 Å². The second-order valence-electron chi connectivity index (χ2n) is 8.88. The van der Waals surface area contributed by atoms with Crippen molar-refractivity contribution in [1.82, 2.24) is 10.2 Å². The topological polar surface area (TPSA) is 80.3 Å². The van der Waals surface area contributed by atoms with Crippen molar-refractivity contribution in [2.24, 2.45) is 0 Å². The highest BCUT2D eigenvalue weighted by molar-refractivity contribution is 5.77. The number of para-hydroxylation sites is 1. The van der Waals surface area contributed by atoms with Gasteiger partial charge in [0.15, 0.2) is 6.61 Å². The third-order valence-corrected chi connectivity index (χ3v) is 5.76. The van der Waals surface area contributed by atoms with Crippen LogP contribution in [-0.2, 0) is 22.5 Å². The van der Waals surface area contributed by atoms with Gasteiger partial charge in [0.05, 0.1) is 0 Å². The van der Waals surface area contributed by atoms with Gasteiger partial charge in [-0.05, 0) is 48.2 Å². The molecule has 0 saturated heterocycles. The van der Waals surface area contributed by atoms with Gasteiger partial charge in [-0.25, -0.2) is 0 Å². The SMILES string of the molecule is COCCCNC(=O)COc1ccc(CCN(Cc2ccccc2)CC(O)COc2ccccc2)cc1. The first kappa shape index (κ1) is 28.2. The monoisotopic (exact) mass is 506 g/mol. The Hall–Kier alpha value is -3.39. The predicted molar refractivity (Wildman–Crippen MR) is 145 cm³/mol. The lowest BCUT2D eigenvalue weighted by Crippen LogP contribution is -2.36. The summed E-state index contributed by atoms with van der Waals surface area (Å²) in [5, 5.41) is 13.5. The Labute approximate surface area is 220 Å². The molecule has 7 nitrogen and oxygen atoms in total. The summed E-state index contributed by atoms with van der Waals surface area (Å²) >= 11 is 0. The fraction of sp³-hybridized carbons (Fsp3) is 0.367. The number of nitrogens with zero attached hydrogens (tertiary/aromatic N) is 1. The standard InChI is InChI=1S/C30H38N2O5/c1-35-20-8-18-31-30(34)24-37-29-15-13-25(14-16-29)17-19-32(21-26-9-4-2-5-10-26)22-27(33)23-36-28-11-6-3-7-12-28/h2-7,9-16,27,33H,8,17-24H2,1H3,(H,31,34). The Balaban J connectivity index is 1.47. The summed E-state index contributed by atoms with van der Waals surface area (Å²) < 4.78 is 16.3. The molecule has 198 valence electrons. The highest BCUT2D eigenvalue weighted by Crippen LogP contribution is 2.14. The van der Waals surface area contributed by atoms with E-state index in [1.165, 1.54) is 5.56 Å². The number of carbonyl (C=O) groups is 1. The molecule has 0 fully saturated rings. The van der Waals surface area contributed by atoms with Gasteiger partial charge >= 0.3 is 0 Å². The number of hydrogen-bond donors (Lipinski definition) is 2. The van der Waals surface area contributed by atoms with Crippen LogP contribution in [0.5, 0.6) is 11.5 Å². The zero-order valence-electron chi connectivity index (χ0n) is 21.6. The van der Waals surface area contributed by atoms with Crippen LogP contribution < -0.4 is 14.8 Å². The van der Waals surface area contributed by atoms with Gasteiger partial charge in [-0.3, -0.25) is 9.69 Å². The van der Waals surface area contributed by atoms with E-state index in [9.17, 15) is 9.90 Å². The largest absolute Gasteiger partial charge is 0.491 e. The molecule has 7 heteroatoms. The van der Waals surface area contributed by atoms with Crippen LogP contribution in [0.2, 0.25) is 0 Å². The number of aliphatic hydroxyl groups is 1. The summed E-state index contributed by atoms with van der Waals surface area (Å²) in [6.07, 6.45) is 0.981. The van der Waals surface area contributed by atoms with E-state index >= 15 is 0 Å². The van der Waals surface area contributed by atoms with Gasteiger partial charge in [-0.2, -0.15) is 0 Å². The molecule has 0 bridgehead atoms. The summed E-state index contributed by atoms with van der Waals surface area (Å²) in [4.78, 5) is 14.1. The molecule has 0 aromatic heterocycles. The maximum absolute atomic E-state index is 11.9. The molecule has 0 aliphatic rings. The van der Waals surface area contributed by atoms with Crippen molar-refractivity contribution in [2.45, 2.75) is 25.5 Å². The number of amides is 1. The molecule has 0 radical (unpaired) electrons. The number of ether oxygens (including phenoxy) is 3. The van der Waals surface area contributed by atoms with Crippen LogP contribution in [-0.4, -0.2) is 68.6 Å². The second kappa shape index (κ2) is 16.4. The van der Waals surface area contributed by atoms with Crippen molar-refractivity contribution >= 4 is 5.91 Å². The summed E-state index contributed by atoms with van der Waals surface area (Å²) in [7, 11) is 1.64. The van der Waals surface area contributed by atoms with E-state index in [1.807, 2.05) is 72.8 Å². The average Bonchev–Trinajstić information content (AvgIpc) is 2.93. The van der Waals surface area contributed by atoms with Crippen LogP contribution in [0, 0.1) is 0 Å². The van der Waals surface area contributed by atoms with Crippen molar-refractivity contribution in [3.63, 3.8) is 0 Å². The first-order valence-corrected chi connectivity index (χ1v) is 12.7. The minimum atomic E-state index is -0.611. The highest BCUT2D eigenvalue weighted by atomic mass is 16.5. The molecule has 0 aliphatic carbocycles. The molecule has 0 heterocycles. The number of nitrogens with one attached hydrogen (secondary N) is 1. The van der Waals surface area contributed by atoms with Crippen LogP contribution >= 0.6 is 0 Å². The molecule has 1 unspecified atom stereocenters. The smallest absolute Gasteiger partial charge is 0.257 e. The zero-order valence-corrected chi connectivity index (χ0v) is 21.6. The van der Waals surface area contributed by atoms with E-state index in [4.69, 9.17) is 14.2 Å². The predicted octanol–water partition coefficient (Wildman–Crippen LogP) is 3.70. The Morgan fingerprint density at radius 2 is 1.57 bits per heavy atom. The van der Waals surface area contributed by atoms with Crippen molar-refractivity contribution < 1.29 is 24.1 Å². The summed E-state index contributed by atoms with van der Waals surface area (Å²) in [5.41, 5.74) is 2.35. The average molecular weight is 507 g/mol. The number of aliphatic hydroxyl groups excluding tert-OH is 1. The Bertz CT molecular complexity index is 1020. The van der Waals surface area contributed by atoms with Gasteiger partial charge in [0.1, 0.15) is 24.2 Å². The third kappa shape index (κ3) is 11.5. The molecule has 3 aromatic rings. The van der Waals surface area contributed by atoms with Crippen molar-refractivity contribution in [3.05, 3.63) is 96.1 Å². The summed E-state index contributed by atoms with van der Waals surface area (Å²) in [5.74, 6) is 1.26. The van der Waals surface area contributed by atoms with Crippen molar-refractivity contribution in [1.29, 1.82) is 0 Å². The van der Waals surface area contributed by atoms with E-state index in [1.54, 1.807) is 7.11 Å². The van der Waals surface area contributed by atoms with Gasteiger partial charge in [-0.15, -0.1) is 0 Å².